The van der Waals surface area contributed by atoms with Crippen LogP contribution in [0.3, 0.4) is 0 Å². The van der Waals surface area contributed by atoms with E-state index in [9.17, 15) is 5.11 Å². The smallest absolute Gasteiger partial charge is 0.0702 e. The minimum Gasteiger partial charge on any atom is -0.392 e. The van der Waals surface area contributed by atoms with Crippen molar-refractivity contribution in [1.82, 2.24) is 0 Å². The van der Waals surface area contributed by atoms with Crippen molar-refractivity contribution in [1.29, 1.82) is 0 Å². The predicted molar refractivity (Wildman–Crippen MR) is 79.9 cm³/mol. The van der Waals surface area contributed by atoms with Crippen LogP contribution in [-0.2, 0) is 6.61 Å². The van der Waals surface area contributed by atoms with Gasteiger partial charge in [0, 0.05) is 28.8 Å². The van der Waals surface area contributed by atoms with Gasteiger partial charge in [0.15, 0.2) is 0 Å². The van der Waals surface area contributed by atoms with E-state index in [0.717, 1.165) is 23.1 Å². The van der Waals surface area contributed by atoms with Crippen molar-refractivity contribution in [2.75, 3.05) is 18.0 Å². The molecule has 100 valence electrons. The summed E-state index contributed by atoms with van der Waals surface area (Å²) in [7, 11) is 0. The maximum atomic E-state index is 9.45. The second kappa shape index (κ2) is 5.62. The molecule has 18 heavy (non-hydrogen) atoms. The SMILES string of the molecule is CCC1(C)CCN(c2cc(Br)ccc2CO)CC1. The number of aliphatic hydroxyl groups excluding tert-OH is 1. The van der Waals surface area contributed by atoms with Gasteiger partial charge in [0.2, 0.25) is 0 Å². The van der Waals surface area contributed by atoms with Crippen molar-refractivity contribution in [2.24, 2.45) is 5.41 Å². The summed E-state index contributed by atoms with van der Waals surface area (Å²) in [5, 5.41) is 9.45. The summed E-state index contributed by atoms with van der Waals surface area (Å²) in [6, 6.07) is 6.13. The van der Waals surface area contributed by atoms with Gasteiger partial charge in [0.05, 0.1) is 6.61 Å². The first-order valence-corrected chi connectivity index (χ1v) is 7.51. The molecule has 1 saturated heterocycles. The molecule has 1 aliphatic rings. The van der Waals surface area contributed by atoms with Gasteiger partial charge in [0.25, 0.3) is 0 Å². The quantitative estimate of drug-likeness (QED) is 0.913. The van der Waals surface area contributed by atoms with Gasteiger partial charge in [0.1, 0.15) is 0 Å². The first kappa shape index (κ1) is 13.9. The lowest BCUT2D eigenvalue weighted by atomic mass is 9.78. The molecule has 3 heteroatoms. The van der Waals surface area contributed by atoms with E-state index in [-0.39, 0.29) is 6.61 Å². The standard InChI is InChI=1S/C15H22BrNO/c1-3-15(2)6-8-17(9-7-15)14-10-13(16)5-4-12(14)11-18/h4-5,10,18H,3,6-9,11H2,1-2H3. The summed E-state index contributed by atoms with van der Waals surface area (Å²) in [6.45, 7) is 6.97. The number of aliphatic hydroxyl groups is 1. The van der Waals surface area contributed by atoms with Crippen LogP contribution < -0.4 is 4.90 Å². The third-order valence-electron chi connectivity index (χ3n) is 4.38. The fourth-order valence-corrected chi connectivity index (χ4v) is 2.96. The molecule has 2 nitrogen and oxygen atoms in total. The fraction of sp³-hybridized carbons (Fsp3) is 0.600. The molecular formula is C15H22BrNO. The van der Waals surface area contributed by atoms with Gasteiger partial charge in [-0.25, -0.2) is 0 Å². The Bertz CT molecular complexity index is 411. The Morgan fingerprint density at radius 1 is 1.33 bits per heavy atom. The van der Waals surface area contributed by atoms with E-state index >= 15 is 0 Å². The van der Waals surface area contributed by atoms with Crippen LogP contribution in [0.15, 0.2) is 22.7 Å². The molecule has 0 spiro atoms. The molecule has 1 heterocycles. The van der Waals surface area contributed by atoms with Gasteiger partial charge >= 0.3 is 0 Å². The molecular weight excluding hydrogens is 290 g/mol. The predicted octanol–water partition coefficient (Wildman–Crippen LogP) is 3.96. The summed E-state index contributed by atoms with van der Waals surface area (Å²) in [5.41, 5.74) is 2.71. The lowest BCUT2D eigenvalue weighted by molar-refractivity contribution is 0.237. The second-order valence-electron chi connectivity index (χ2n) is 5.58. The van der Waals surface area contributed by atoms with E-state index in [0.29, 0.717) is 5.41 Å². The normalized spacial score (nSPS) is 19.0. The van der Waals surface area contributed by atoms with Gasteiger partial charge in [-0.3, -0.25) is 0 Å². The maximum absolute atomic E-state index is 9.45. The molecule has 1 fully saturated rings. The molecule has 0 saturated carbocycles. The van der Waals surface area contributed by atoms with Gasteiger partial charge in [-0.2, -0.15) is 0 Å². The highest BCUT2D eigenvalue weighted by molar-refractivity contribution is 9.10. The van der Waals surface area contributed by atoms with Crippen LogP contribution in [0.4, 0.5) is 5.69 Å². The highest BCUT2D eigenvalue weighted by atomic mass is 79.9. The number of hydrogen-bond acceptors (Lipinski definition) is 2. The van der Waals surface area contributed by atoms with Crippen LogP contribution in [0.5, 0.6) is 0 Å². The molecule has 0 atom stereocenters. The molecule has 0 bridgehead atoms. The number of rotatable bonds is 3. The van der Waals surface area contributed by atoms with Gasteiger partial charge in [-0.1, -0.05) is 42.3 Å². The number of piperidine rings is 1. The van der Waals surface area contributed by atoms with Crippen LogP contribution in [0.1, 0.15) is 38.7 Å². The van der Waals surface area contributed by atoms with Crippen molar-refractivity contribution < 1.29 is 5.11 Å². The largest absolute Gasteiger partial charge is 0.392 e. The van der Waals surface area contributed by atoms with Crippen molar-refractivity contribution in [3.05, 3.63) is 28.2 Å². The van der Waals surface area contributed by atoms with Crippen molar-refractivity contribution in [3.63, 3.8) is 0 Å². The number of hydrogen-bond donors (Lipinski definition) is 1. The summed E-state index contributed by atoms with van der Waals surface area (Å²) in [5.74, 6) is 0. The monoisotopic (exact) mass is 311 g/mol. The van der Waals surface area contributed by atoms with Crippen molar-refractivity contribution in [3.8, 4) is 0 Å². The summed E-state index contributed by atoms with van der Waals surface area (Å²) in [4.78, 5) is 2.41. The van der Waals surface area contributed by atoms with E-state index < -0.39 is 0 Å². The Morgan fingerprint density at radius 2 is 2.00 bits per heavy atom. The Balaban J connectivity index is 2.16. The molecule has 1 aromatic rings. The lowest BCUT2D eigenvalue weighted by Gasteiger charge is -2.40. The Kier molecular flexibility index (Phi) is 4.33. The van der Waals surface area contributed by atoms with Gasteiger partial charge in [-0.15, -0.1) is 0 Å². The molecule has 2 rings (SSSR count). The molecule has 1 aromatic carbocycles. The zero-order valence-corrected chi connectivity index (χ0v) is 12.8. The summed E-state index contributed by atoms with van der Waals surface area (Å²) < 4.78 is 1.08. The molecule has 1 N–H and O–H groups in total. The molecule has 0 radical (unpaired) electrons. The third-order valence-corrected chi connectivity index (χ3v) is 4.88. The first-order chi connectivity index (χ1) is 8.58. The zero-order chi connectivity index (χ0) is 13.2. The molecule has 0 unspecified atom stereocenters. The van der Waals surface area contributed by atoms with Gasteiger partial charge < -0.3 is 10.0 Å². The number of nitrogens with zero attached hydrogens (tertiary/aromatic N) is 1. The first-order valence-electron chi connectivity index (χ1n) is 6.72. The number of halogens is 1. The Labute approximate surface area is 118 Å². The van der Waals surface area contributed by atoms with Crippen LogP contribution in [0.25, 0.3) is 0 Å². The van der Waals surface area contributed by atoms with E-state index in [1.54, 1.807) is 0 Å². The fourth-order valence-electron chi connectivity index (χ4n) is 2.61. The molecule has 0 amide bonds. The van der Waals surface area contributed by atoms with Crippen LogP contribution in [0, 0.1) is 5.41 Å². The van der Waals surface area contributed by atoms with Crippen LogP contribution in [-0.4, -0.2) is 18.2 Å². The summed E-state index contributed by atoms with van der Waals surface area (Å²) >= 11 is 3.52. The lowest BCUT2D eigenvalue weighted by Crippen LogP contribution is -2.38. The zero-order valence-electron chi connectivity index (χ0n) is 11.2. The minimum atomic E-state index is 0.115. The van der Waals surface area contributed by atoms with E-state index in [4.69, 9.17) is 0 Å². The highest BCUT2D eigenvalue weighted by Gasteiger charge is 2.28. The second-order valence-corrected chi connectivity index (χ2v) is 6.50. The van der Waals surface area contributed by atoms with E-state index in [1.807, 2.05) is 12.1 Å². The van der Waals surface area contributed by atoms with Crippen molar-refractivity contribution >= 4 is 21.6 Å². The third kappa shape index (κ3) is 2.89. The van der Waals surface area contributed by atoms with Crippen LogP contribution >= 0.6 is 15.9 Å². The average Bonchev–Trinajstić information content (AvgIpc) is 2.39. The maximum Gasteiger partial charge on any atom is 0.0702 e. The summed E-state index contributed by atoms with van der Waals surface area (Å²) in [6.07, 6.45) is 3.73. The van der Waals surface area contributed by atoms with Crippen LogP contribution in [0.2, 0.25) is 0 Å². The van der Waals surface area contributed by atoms with E-state index in [1.165, 1.54) is 24.9 Å². The average molecular weight is 312 g/mol. The van der Waals surface area contributed by atoms with Crippen molar-refractivity contribution in [2.45, 2.75) is 39.7 Å². The number of anilines is 1. The van der Waals surface area contributed by atoms with E-state index in [2.05, 4.69) is 40.7 Å². The number of benzene rings is 1. The minimum absolute atomic E-state index is 0.115. The molecule has 1 aliphatic heterocycles. The highest BCUT2D eigenvalue weighted by Crippen LogP contribution is 2.37. The Hall–Kier alpha value is -0.540. The Morgan fingerprint density at radius 3 is 2.56 bits per heavy atom. The molecule has 0 aliphatic carbocycles. The topological polar surface area (TPSA) is 23.5 Å². The van der Waals surface area contributed by atoms with Gasteiger partial charge in [-0.05, 0) is 30.4 Å². The molecule has 0 aromatic heterocycles.